The van der Waals surface area contributed by atoms with Gasteiger partial charge in [0.05, 0.1) is 0 Å². The van der Waals surface area contributed by atoms with Crippen molar-refractivity contribution >= 4 is 5.69 Å². The lowest BCUT2D eigenvalue weighted by Gasteiger charge is -2.34. The molecule has 1 saturated heterocycles. The van der Waals surface area contributed by atoms with Crippen LogP contribution in [0, 0.1) is 5.92 Å². The van der Waals surface area contributed by atoms with Gasteiger partial charge in [-0.3, -0.25) is 4.90 Å². The predicted molar refractivity (Wildman–Crippen MR) is 89.8 cm³/mol. The molecule has 2 atom stereocenters. The predicted octanol–water partition coefficient (Wildman–Crippen LogP) is 2.80. The zero-order valence-corrected chi connectivity index (χ0v) is 13.5. The Labute approximate surface area is 129 Å². The number of fused-ring (bicyclic) bond motifs is 1. The first-order valence-corrected chi connectivity index (χ1v) is 8.45. The summed E-state index contributed by atoms with van der Waals surface area (Å²) in [6.45, 7) is 3.17. The van der Waals surface area contributed by atoms with Crippen molar-refractivity contribution in [2.75, 3.05) is 38.6 Å². The molecule has 21 heavy (non-hydrogen) atoms. The second kappa shape index (κ2) is 6.37. The fourth-order valence-electron chi connectivity index (χ4n) is 4.19. The number of benzene rings is 1. The van der Waals surface area contributed by atoms with Gasteiger partial charge in [-0.1, -0.05) is 18.6 Å². The molecule has 0 radical (unpaired) electrons. The molecule has 0 aromatic heterocycles. The molecule has 1 aromatic carbocycles. The van der Waals surface area contributed by atoms with E-state index < -0.39 is 0 Å². The highest BCUT2D eigenvalue weighted by atomic mass is 15.1. The molecular formula is C18H29N3. The van der Waals surface area contributed by atoms with E-state index in [2.05, 4.69) is 42.1 Å². The van der Waals surface area contributed by atoms with Gasteiger partial charge >= 0.3 is 0 Å². The summed E-state index contributed by atoms with van der Waals surface area (Å²) in [6, 6.07) is 7.63. The second-order valence-corrected chi connectivity index (χ2v) is 6.83. The molecule has 2 aliphatic heterocycles. The molecule has 0 spiro atoms. The number of likely N-dealkylation sites (tertiary alicyclic amines) is 1. The van der Waals surface area contributed by atoms with Gasteiger partial charge in [-0.2, -0.15) is 0 Å². The number of aryl methyl sites for hydroxylation is 1. The molecule has 2 N–H and O–H groups in total. The molecule has 3 nitrogen and oxygen atoms in total. The molecule has 0 amide bonds. The number of nitrogens with zero attached hydrogens (tertiary/aromatic N) is 2. The normalized spacial score (nSPS) is 27.3. The lowest BCUT2D eigenvalue weighted by atomic mass is 9.87. The lowest BCUT2D eigenvalue weighted by molar-refractivity contribution is 0.196. The van der Waals surface area contributed by atoms with Gasteiger partial charge in [0, 0.05) is 25.3 Å². The minimum atomic E-state index is 0.495. The topological polar surface area (TPSA) is 32.5 Å². The SMILES string of the molecule is CN1CCCc2cc(C3C(CN)CCCCN3C)ccc21. The molecule has 0 bridgehead atoms. The minimum absolute atomic E-state index is 0.495. The van der Waals surface area contributed by atoms with Crippen LogP contribution in [0.2, 0.25) is 0 Å². The molecule has 116 valence electrons. The Morgan fingerprint density at radius 3 is 2.81 bits per heavy atom. The van der Waals surface area contributed by atoms with Crippen molar-refractivity contribution < 1.29 is 0 Å². The van der Waals surface area contributed by atoms with Crippen molar-refractivity contribution in [1.29, 1.82) is 0 Å². The van der Waals surface area contributed by atoms with E-state index in [4.69, 9.17) is 5.73 Å². The molecule has 3 heteroatoms. The molecule has 1 fully saturated rings. The van der Waals surface area contributed by atoms with Crippen molar-refractivity contribution in [3.05, 3.63) is 29.3 Å². The summed E-state index contributed by atoms with van der Waals surface area (Å²) in [5, 5.41) is 0. The quantitative estimate of drug-likeness (QED) is 0.908. The summed E-state index contributed by atoms with van der Waals surface area (Å²) >= 11 is 0. The van der Waals surface area contributed by atoms with Crippen LogP contribution in [0.25, 0.3) is 0 Å². The number of nitrogens with two attached hydrogens (primary N) is 1. The van der Waals surface area contributed by atoms with Gasteiger partial charge in [-0.15, -0.1) is 0 Å². The third-order valence-corrected chi connectivity index (χ3v) is 5.36. The summed E-state index contributed by atoms with van der Waals surface area (Å²) < 4.78 is 0. The van der Waals surface area contributed by atoms with Crippen molar-refractivity contribution in [2.45, 2.75) is 38.1 Å². The Hall–Kier alpha value is -1.06. The Morgan fingerprint density at radius 2 is 2.00 bits per heavy atom. The monoisotopic (exact) mass is 287 g/mol. The summed E-state index contributed by atoms with van der Waals surface area (Å²) in [4.78, 5) is 4.92. The Balaban J connectivity index is 1.93. The van der Waals surface area contributed by atoms with Gasteiger partial charge in [-0.25, -0.2) is 0 Å². The van der Waals surface area contributed by atoms with Crippen LogP contribution in [0.3, 0.4) is 0 Å². The van der Waals surface area contributed by atoms with Crippen LogP contribution >= 0.6 is 0 Å². The third-order valence-electron chi connectivity index (χ3n) is 5.36. The van der Waals surface area contributed by atoms with Gasteiger partial charge in [-0.05, 0) is 68.9 Å². The minimum Gasteiger partial charge on any atom is -0.374 e. The number of hydrogen-bond donors (Lipinski definition) is 1. The molecule has 0 aliphatic carbocycles. The van der Waals surface area contributed by atoms with E-state index in [1.165, 1.54) is 62.0 Å². The number of anilines is 1. The molecular weight excluding hydrogens is 258 g/mol. The molecule has 3 rings (SSSR count). The highest BCUT2D eigenvalue weighted by Gasteiger charge is 2.29. The Morgan fingerprint density at radius 1 is 1.14 bits per heavy atom. The highest BCUT2D eigenvalue weighted by molar-refractivity contribution is 5.56. The van der Waals surface area contributed by atoms with Gasteiger partial charge in [0.2, 0.25) is 0 Å². The molecule has 2 heterocycles. The van der Waals surface area contributed by atoms with E-state index in [1.807, 2.05) is 0 Å². The molecule has 0 saturated carbocycles. The second-order valence-electron chi connectivity index (χ2n) is 6.83. The number of hydrogen-bond acceptors (Lipinski definition) is 3. The summed E-state index contributed by atoms with van der Waals surface area (Å²) in [5.41, 5.74) is 10.5. The Bertz CT molecular complexity index is 485. The zero-order chi connectivity index (χ0) is 14.8. The van der Waals surface area contributed by atoms with Crippen LogP contribution in [0.4, 0.5) is 5.69 Å². The van der Waals surface area contributed by atoms with Gasteiger partial charge in [0.1, 0.15) is 0 Å². The summed E-state index contributed by atoms with van der Waals surface area (Å²) in [5.74, 6) is 0.594. The molecule has 1 aromatic rings. The molecule has 2 unspecified atom stereocenters. The maximum absolute atomic E-state index is 6.09. The van der Waals surface area contributed by atoms with E-state index in [0.29, 0.717) is 12.0 Å². The Kier molecular flexibility index (Phi) is 4.51. The molecule has 2 aliphatic rings. The van der Waals surface area contributed by atoms with Crippen LogP contribution in [-0.4, -0.2) is 38.6 Å². The smallest absolute Gasteiger partial charge is 0.0396 e. The van der Waals surface area contributed by atoms with Crippen LogP contribution in [0.15, 0.2) is 18.2 Å². The zero-order valence-electron chi connectivity index (χ0n) is 13.5. The lowest BCUT2D eigenvalue weighted by Crippen LogP contribution is -2.33. The van der Waals surface area contributed by atoms with E-state index in [9.17, 15) is 0 Å². The first-order chi connectivity index (χ1) is 10.2. The third kappa shape index (κ3) is 2.95. The maximum Gasteiger partial charge on any atom is 0.0396 e. The average molecular weight is 287 g/mol. The van der Waals surface area contributed by atoms with Crippen molar-refractivity contribution in [3.8, 4) is 0 Å². The van der Waals surface area contributed by atoms with E-state index in [0.717, 1.165) is 6.54 Å². The van der Waals surface area contributed by atoms with Crippen LogP contribution < -0.4 is 10.6 Å². The van der Waals surface area contributed by atoms with E-state index in [1.54, 1.807) is 0 Å². The highest BCUT2D eigenvalue weighted by Crippen LogP contribution is 2.36. The van der Waals surface area contributed by atoms with Crippen molar-refractivity contribution in [2.24, 2.45) is 11.7 Å². The largest absolute Gasteiger partial charge is 0.374 e. The summed E-state index contributed by atoms with van der Waals surface area (Å²) in [6.07, 6.45) is 6.38. The van der Waals surface area contributed by atoms with Crippen LogP contribution in [-0.2, 0) is 6.42 Å². The van der Waals surface area contributed by atoms with Gasteiger partial charge < -0.3 is 10.6 Å². The fourth-order valence-corrected chi connectivity index (χ4v) is 4.19. The van der Waals surface area contributed by atoms with Crippen LogP contribution in [0.1, 0.15) is 42.9 Å². The van der Waals surface area contributed by atoms with E-state index >= 15 is 0 Å². The standard InChI is InChI=1S/C18H29N3/c1-20-11-5-7-14-12-15(8-9-17(14)20)18-16(13-19)6-3-4-10-21(18)2/h8-9,12,16,18H,3-7,10-11,13,19H2,1-2H3. The summed E-state index contributed by atoms with van der Waals surface area (Å²) in [7, 11) is 4.47. The first-order valence-electron chi connectivity index (χ1n) is 8.45. The van der Waals surface area contributed by atoms with Crippen molar-refractivity contribution in [1.82, 2.24) is 4.90 Å². The van der Waals surface area contributed by atoms with Crippen LogP contribution in [0.5, 0.6) is 0 Å². The first kappa shape index (κ1) is 14.9. The maximum atomic E-state index is 6.09. The van der Waals surface area contributed by atoms with Gasteiger partial charge in [0.25, 0.3) is 0 Å². The number of rotatable bonds is 2. The van der Waals surface area contributed by atoms with Gasteiger partial charge in [0.15, 0.2) is 0 Å². The average Bonchev–Trinajstić information content (AvgIpc) is 2.68. The van der Waals surface area contributed by atoms with E-state index in [-0.39, 0.29) is 0 Å². The van der Waals surface area contributed by atoms with Crippen molar-refractivity contribution in [3.63, 3.8) is 0 Å². The fraction of sp³-hybridized carbons (Fsp3) is 0.667.